The number of anilines is 1. The molecule has 0 bridgehead atoms. The predicted molar refractivity (Wildman–Crippen MR) is 90.2 cm³/mol. The number of hydrogen-bond acceptors (Lipinski definition) is 3. The summed E-state index contributed by atoms with van der Waals surface area (Å²) in [6.45, 7) is 6.79. The third-order valence-electron chi connectivity index (χ3n) is 3.38. The van der Waals surface area contributed by atoms with Crippen molar-refractivity contribution in [3.63, 3.8) is 0 Å². The van der Waals surface area contributed by atoms with E-state index in [2.05, 4.69) is 41.2 Å². The van der Waals surface area contributed by atoms with Crippen LogP contribution in [-0.2, 0) is 16.4 Å². The van der Waals surface area contributed by atoms with Gasteiger partial charge in [0.15, 0.2) is 0 Å². The van der Waals surface area contributed by atoms with Crippen LogP contribution in [0.2, 0.25) is 0 Å². The first kappa shape index (κ1) is 18.0. The van der Waals surface area contributed by atoms with Crippen molar-refractivity contribution < 1.29 is 8.42 Å². The molecule has 0 atom stereocenters. The van der Waals surface area contributed by atoms with Crippen LogP contribution in [0.1, 0.15) is 45.6 Å². The predicted octanol–water partition coefficient (Wildman–Crippen LogP) is 3.16. The molecule has 0 unspecified atom stereocenters. The Morgan fingerprint density at radius 3 is 2.29 bits per heavy atom. The van der Waals surface area contributed by atoms with E-state index in [0.29, 0.717) is 6.54 Å². The van der Waals surface area contributed by atoms with Crippen LogP contribution in [0.4, 0.5) is 5.69 Å². The SMILES string of the molecule is CCCCc1ccc(NCCCNS(=O)(=O)C(C)C)cc1. The smallest absolute Gasteiger partial charge is 0.213 e. The van der Waals surface area contributed by atoms with E-state index in [4.69, 9.17) is 0 Å². The fraction of sp³-hybridized carbons (Fsp3) is 0.625. The molecular formula is C16H28N2O2S. The molecule has 0 saturated heterocycles. The number of aryl methyl sites for hydroxylation is 1. The molecule has 0 fully saturated rings. The minimum Gasteiger partial charge on any atom is -0.385 e. The lowest BCUT2D eigenvalue weighted by Crippen LogP contribution is -2.32. The van der Waals surface area contributed by atoms with Crippen molar-refractivity contribution in [2.45, 2.75) is 51.7 Å². The Kier molecular flexibility index (Phi) is 7.75. The third kappa shape index (κ3) is 6.96. The molecule has 0 aliphatic heterocycles. The van der Waals surface area contributed by atoms with Crippen molar-refractivity contribution in [2.24, 2.45) is 0 Å². The first-order chi connectivity index (χ1) is 9.95. The Balaban J connectivity index is 2.24. The summed E-state index contributed by atoms with van der Waals surface area (Å²) in [7, 11) is -3.14. The average molecular weight is 312 g/mol. The largest absolute Gasteiger partial charge is 0.385 e. The summed E-state index contributed by atoms with van der Waals surface area (Å²) in [6, 6.07) is 8.48. The van der Waals surface area contributed by atoms with Crippen LogP contribution in [0.3, 0.4) is 0 Å². The van der Waals surface area contributed by atoms with E-state index >= 15 is 0 Å². The van der Waals surface area contributed by atoms with Gasteiger partial charge in [0.05, 0.1) is 5.25 Å². The summed E-state index contributed by atoms with van der Waals surface area (Å²) in [4.78, 5) is 0. The number of rotatable bonds is 10. The molecule has 1 aromatic carbocycles. The summed E-state index contributed by atoms with van der Waals surface area (Å²) < 4.78 is 25.7. The quantitative estimate of drug-likeness (QED) is 0.652. The maximum absolute atomic E-state index is 11.6. The fourth-order valence-electron chi connectivity index (χ4n) is 1.87. The molecule has 0 spiro atoms. The molecule has 4 nitrogen and oxygen atoms in total. The van der Waals surface area contributed by atoms with Crippen LogP contribution in [-0.4, -0.2) is 26.8 Å². The van der Waals surface area contributed by atoms with Crippen molar-refractivity contribution in [3.05, 3.63) is 29.8 Å². The molecule has 0 aliphatic rings. The number of benzene rings is 1. The molecule has 1 rings (SSSR count). The highest BCUT2D eigenvalue weighted by Gasteiger charge is 2.13. The zero-order valence-corrected chi connectivity index (χ0v) is 14.2. The van der Waals surface area contributed by atoms with E-state index < -0.39 is 10.0 Å². The van der Waals surface area contributed by atoms with Crippen molar-refractivity contribution >= 4 is 15.7 Å². The third-order valence-corrected chi connectivity index (χ3v) is 5.23. The zero-order valence-electron chi connectivity index (χ0n) is 13.4. The van der Waals surface area contributed by atoms with Gasteiger partial charge in [0.2, 0.25) is 10.0 Å². The summed E-state index contributed by atoms with van der Waals surface area (Å²) in [5.41, 5.74) is 2.45. The first-order valence-corrected chi connectivity index (χ1v) is 9.31. The van der Waals surface area contributed by atoms with Crippen LogP contribution >= 0.6 is 0 Å². The van der Waals surface area contributed by atoms with Gasteiger partial charge < -0.3 is 5.32 Å². The van der Waals surface area contributed by atoms with Crippen LogP contribution in [0.25, 0.3) is 0 Å². The van der Waals surface area contributed by atoms with Gasteiger partial charge in [-0.1, -0.05) is 25.5 Å². The molecule has 120 valence electrons. The summed E-state index contributed by atoms with van der Waals surface area (Å²) >= 11 is 0. The van der Waals surface area contributed by atoms with Crippen LogP contribution in [0, 0.1) is 0 Å². The van der Waals surface area contributed by atoms with Gasteiger partial charge in [-0.25, -0.2) is 13.1 Å². The van der Waals surface area contributed by atoms with E-state index in [9.17, 15) is 8.42 Å². The Hall–Kier alpha value is -1.07. The van der Waals surface area contributed by atoms with Gasteiger partial charge in [-0.3, -0.25) is 0 Å². The van der Waals surface area contributed by atoms with Crippen LogP contribution < -0.4 is 10.0 Å². The molecule has 0 radical (unpaired) electrons. The topological polar surface area (TPSA) is 58.2 Å². The molecule has 0 saturated carbocycles. The van der Waals surface area contributed by atoms with Gasteiger partial charge in [-0.15, -0.1) is 0 Å². The van der Waals surface area contributed by atoms with Crippen molar-refractivity contribution in [1.82, 2.24) is 4.72 Å². The number of sulfonamides is 1. The lowest BCUT2D eigenvalue weighted by molar-refractivity contribution is 0.571. The molecule has 21 heavy (non-hydrogen) atoms. The highest BCUT2D eigenvalue weighted by atomic mass is 32.2. The van der Waals surface area contributed by atoms with Crippen LogP contribution in [0.15, 0.2) is 24.3 Å². The Morgan fingerprint density at radius 2 is 1.71 bits per heavy atom. The minimum atomic E-state index is -3.14. The Labute approximate surface area is 129 Å². The number of hydrogen-bond donors (Lipinski definition) is 2. The van der Waals surface area contributed by atoms with Gasteiger partial charge in [0.1, 0.15) is 0 Å². The second kappa shape index (κ2) is 9.05. The maximum Gasteiger partial charge on any atom is 0.213 e. The molecule has 0 aromatic heterocycles. The highest BCUT2D eigenvalue weighted by molar-refractivity contribution is 7.90. The van der Waals surface area contributed by atoms with Gasteiger partial charge >= 0.3 is 0 Å². The molecule has 0 heterocycles. The Morgan fingerprint density at radius 1 is 1.05 bits per heavy atom. The number of unbranched alkanes of at least 4 members (excludes halogenated alkanes) is 1. The normalized spacial score (nSPS) is 11.8. The molecular weight excluding hydrogens is 284 g/mol. The molecule has 5 heteroatoms. The first-order valence-electron chi connectivity index (χ1n) is 7.77. The average Bonchev–Trinajstić information content (AvgIpc) is 2.45. The molecule has 0 amide bonds. The van der Waals surface area contributed by atoms with Gasteiger partial charge in [-0.05, 0) is 50.8 Å². The monoisotopic (exact) mass is 312 g/mol. The lowest BCUT2D eigenvalue weighted by Gasteiger charge is -2.10. The summed E-state index contributed by atoms with van der Waals surface area (Å²) in [5.74, 6) is 0. The van der Waals surface area contributed by atoms with E-state index in [0.717, 1.165) is 25.1 Å². The molecule has 2 N–H and O–H groups in total. The van der Waals surface area contributed by atoms with Gasteiger partial charge in [-0.2, -0.15) is 0 Å². The number of nitrogens with one attached hydrogen (secondary N) is 2. The second-order valence-corrected chi connectivity index (χ2v) is 7.89. The van der Waals surface area contributed by atoms with Gasteiger partial charge in [0.25, 0.3) is 0 Å². The molecule has 0 aliphatic carbocycles. The van der Waals surface area contributed by atoms with Crippen molar-refractivity contribution in [3.8, 4) is 0 Å². The zero-order chi connectivity index (χ0) is 15.7. The fourth-order valence-corrected chi connectivity index (χ4v) is 2.63. The minimum absolute atomic E-state index is 0.374. The Bertz CT molecular complexity index is 496. The van der Waals surface area contributed by atoms with Crippen molar-refractivity contribution in [2.75, 3.05) is 18.4 Å². The summed E-state index contributed by atoms with van der Waals surface area (Å²) in [6.07, 6.45) is 4.34. The van der Waals surface area contributed by atoms with E-state index in [1.165, 1.54) is 18.4 Å². The second-order valence-electron chi connectivity index (χ2n) is 5.57. The van der Waals surface area contributed by atoms with Crippen molar-refractivity contribution in [1.29, 1.82) is 0 Å². The summed E-state index contributed by atoms with van der Waals surface area (Å²) in [5, 5.41) is 2.93. The van der Waals surface area contributed by atoms with E-state index in [1.807, 2.05) is 0 Å². The van der Waals surface area contributed by atoms with Gasteiger partial charge in [0, 0.05) is 18.8 Å². The standard InChI is InChI=1S/C16H28N2O2S/c1-4-5-7-15-8-10-16(11-9-15)17-12-6-13-18-21(19,20)14(2)3/h8-11,14,17-18H,4-7,12-13H2,1-3H3. The lowest BCUT2D eigenvalue weighted by atomic mass is 10.1. The highest BCUT2D eigenvalue weighted by Crippen LogP contribution is 2.11. The molecule has 1 aromatic rings. The maximum atomic E-state index is 11.6. The van der Waals surface area contributed by atoms with E-state index in [1.54, 1.807) is 13.8 Å². The van der Waals surface area contributed by atoms with E-state index in [-0.39, 0.29) is 5.25 Å². The van der Waals surface area contributed by atoms with Crippen LogP contribution in [0.5, 0.6) is 0 Å².